The molecule has 294 valence electrons. The lowest BCUT2D eigenvalue weighted by atomic mass is 9.63. The van der Waals surface area contributed by atoms with Crippen molar-refractivity contribution in [1.82, 2.24) is 19.6 Å². The number of fused-ring (bicyclic) bond motifs is 6. The summed E-state index contributed by atoms with van der Waals surface area (Å²) in [5.74, 6) is 0. The first kappa shape index (κ1) is 39.7. The molecule has 4 aliphatic carbocycles. The topological polar surface area (TPSA) is 13.0 Å². The fourth-order valence-electron chi connectivity index (χ4n) is 12.6. The van der Waals surface area contributed by atoms with E-state index in [1.165, 1.54) is 149 Å². The van der Waals surface area contributed by atoms with Crippen molar-refractivity contribution in [2.45, 2.75) is 120 Å². The largest absolute Gasteiger partial charge is 0.306 e. The fourth-order valence-corrected chi connectivity index (χ4v) is 12.6. The molecule has 4 saturated heterocycles. The standard InChI is InChI=1S/C14H19N.C13H17N.C12H15N.C10H19N.CH4/c1-15-10-9-14(11-15)8-4-6-12-5-2-3-7-13(12)14;1-14-9-8-13(10-14)7-6-11-4-2-3-5-12(11)13;1-13-7-6-12(9-13)8-10-4-2-3-5-11(10)12;1-11-8-7-10(9-11)5-3-2-4-6-10;/h2-3,5,7H,4,6,8-11H2,1H3;2-5H,6-10H2,1H3;2-5H,6-9H2,1H3;2-9H2,1H3;1H4. The van der Waals surface area contributed by atoms with E-state index in [0.29, 0.717) is 16.2 Å². The summed E-state index contributed by atoms with van der Waals surface area (Å²) in [6.45, 7) is 10.3. The molecule has 3 atom stereocenters. The monoisotopic (exact) mass is 731 g/mol. The Morgan fingerprint density at radius 3 is 1.35 bits per heavy atom. The Morgan fingerprint density at radius 1 is 0.389 bits per heavy atom. The van der Waals surface area contributed by atoms with Crippen LogP contribution in [-0.2, 0) is 35.5 Å². The third-order valence-electron chi connectivity index (χ3n) is 15.4. The van der Waals surface area contributed by atoms with Crippen molar-refractivity contribution in [3.05, 3.63) is 106 Å². The van der Waals surface area contributed by atoms with Gasteiger partial charge in [-0.25, -0.2) is 0 Å². The smallest absolute Gasteiger partial charge is 0.0135 e. The first-order valence-corrected chi connectivity index (χ1v) is 21.7. The molecule has 11 rings (SSSR count). The normalized spacial score (nSPS) is 30.7. The van der Waals surface area contributed by atoms with Gasteiger partial charge in [-0.1, -0.05) is 99.5 Å². The highest BCUT2D eigenvalue weighted by Gasteiger charge is 2.46. The molecular formula is C50H74N4. The van der Waals surface area contributed by atoms with E-state index >= 15 is 0 Å². The van der Waals surface area contributed by atoms with E-state index in [2.05, 4.69) is 121 Å². The van der Waals surface area contributed by atoms with E-state index in [9.17, 15) is 0 Å². The lowest BCUT2D eigenvalue weighted by Gasteiger charge is -2.41. The number of likely N-dealkylation sites (N-methyl/N-ethyl adjacent to an activating group) is 3. The van der Waals surface area contributed by atoms with E-state index in [4.69, 9.17) is 0 Å². The van der Waals surface area contributed by atoms with Gasteiger partial charge in [0.1, 0.15) is 0 Å². The van der Waals surface area contributed by atoms with Crippen LogP contribution in [-0.4, -0.2) is 100 Å². The molecule has 3 aromatic rings. The summed E-state index contributed by atoms with van der Waals surface area (Å²) >= 11 is 0. The molecule has 0 amide bonds. The van der Waals surface area contributed by atoms with Crippen molar-refractivity contribution < 1.29 is 0 Å². The molecule has 3 aromatic carbocycles. The minimum Gasteiger partial charge on any atom is -0.306 e. The van der Waals surface area contributed by atoms with Gasteiger partial charge in [-0.3, -0.25) is 0 Å². The van der Waals surface area contributed by atoms with Crippen LogP contribution in [0.4, 0.5) is 0 Å². The van der Waals surface area contributed by atoms with Crippen LogP contribution in [0.1, 0.15) is 118 Å². The highest BCUT2D eigenvalue weighted by Crippen LogP contribution is 2.48. The molecule has 4 nitrogen and oxygen atoms in total. The van der Waals surface area contributed by atoms with Crippen LogP contribution < -0.4 is 0 Å². The van der Waals surface area contributed by atoms with E-state index in [0.717, 1.165) is 5.41 Å². The Balaban J connectivity index is 0.000000111. The summed E-state index contributed by atoms with van der Waals surface area (Å²) in [6, 6.07) is 27.1. The molecule has 0 aromatic heterocycles. The van der Waals surface area contributed by atoms with Gasteiger partial charge in [-0.15, -0.1) is 0 Å². The van der Waals surface area contributed by atoms with Crippen LogP contribution in [0.3, 0.4) is 0 Å². The van der Waals surface area contributed by atoms with E-state index < -0.39 is 0 Å². The molecule has 4 heterocycles. The number of benzene rings is 3. The van der Waals surface area contributed by atoms with Crippen molar-refractivity contribution >= 4 is 0 Å². The Kier molecular flexibility index (Phi) is 12.2. The zero-order chi connectivity index (χ0) is 36.5. The lowest BCUT2D eigenvalue weighted by Crippen LogP contribution is -2.40. The molecule has 0 radical (unpaired) electrons. The third-order valence-corrected chi connectivity index (χ3v) is 15.4. The predicted molar refractivity (Wildman–Crippen MR) is 230 cm³/mol. The van der Waals surface area contributed by atoms with Gasteiger partial charge in [0.15, 0.2) is 0 Å². The summed E-state index contributed by atoms with van der Waals surface area (Å²) in [5.41, 5.74) is 12.1. The third kappa shape index (κ3) is 8.02. The minimum absolute atomic E-state index is 0. The minimum atomic E-state index is 0. The Labute approximate surface area is 330 Å². The second kappa shape index (κ2) is 16.5. The van der Waals surface area contributed by atoms with Crippen LogP contribution in [0.5, 0.6) is 0 Å². The molecule has 0 bridgehead atoms. The van der Waals surface area contributed by atoms with Gasteiger partial charge in [0.25, 0.3) is 0 Å². The number of likely N-dealkylation sites (tertiary alicyclic amines) is 4. The van der Waals surface area contributed by atoms with Crippen molar-refractivity contribution in [3.8, 4) is 0 Å². The summed E-state index contributed by atoms with van der Waals surface area (Å²) < 4.78 is 0. The number of aryl methyl sites for hydroxylation is 2. The Hall–Kier alpha value is -2.50. The lowest BCUT2D eigenvalue weighted by molar-refractivity contribution is 0.195. The first-order chi connectivity index (χ1) is 25.7. The number of hydrogen-bond donors (Lipinski definition) is 0. The molecule has 3 unspecified atom stereocenters. The van der Waals surface area contributed by atoms with Crippen molar-refractivity contribution in [3.63, 3.8) is 0 Å². The van der Waals surface area contributed by atoms with Crippen LogP contribution >= 0.6 is 0 Å². The Morgan fingerprint density at radius 2 is 0.833 bits per heavy atom. The first-order valence-electron chi connectivity index (χ1n) is 21.7. The average molecular weight is 731 g/mol. The number of nitrogens with zero attached hydrogens (tertiary/aromatic N) is 4. The highest BCUT2D eigenvalue weighted by molar-refractivity contribution is 5.46. The molecule has 4 spiro atoms. The number of hydrogen-bond acceptors (Lipinski definition) is 4. The zero-order valence-electron chi connectivity index (χ0n) is 34.0. The average Bonchev–Trinajstić information content (AvgIpc) is 4.00. The van der Waals surface area contributed by atoms with Gasteiger partial charge in [0.2, 0.25) is 0 Å². The molecule has 1 saturated carbocycles. The molecule has 4 heteroatoms. The van der Waals surface area contributed by atoms with Crippen molar-refractivity contribution in [1.29, 1.82) is 0 Å². The number of rotatable bonds is 0. The maximum atomic E-state index is 2.51. The Bertz CT molecular complexity index is 1680. The van der Waals surface area contributed by atoms with E-state index in [1.807, 2.05) is 0 Å². The molecule has 0 N–H and O–H groups in total. The summed E-state index contributed by atoms with van der Waals surface area (Å²) in [5, 5.41) is 0. The van der Waals surface area contributed by atoms with Gasteiger partial charge in [-0.2, -0.15) is 0 Å². The van der Waals surface area contributed by atoms with Gasteiger partial charge in [0.05, 0.1) is 0 Å². The van der Waals surface area contributed by atoms with Gasteiger partial charge >= 0.3 is 0 Å². The highest BCUT2D eigenvalue weighted by atomic mass is 15.1. The van der Waals surface area contributed by atoms with Gasteiger partial charge < -0.3 is 19.6 Å². The predicted octanol–water partition coefficient (Wildman–Crippen LogP) is 9.53. The second-order valence-electron chi connectivity index (χ2n) is 19.4. The fraction of sp³-hybridized carbons (Fsp3) is 0.640. The molecule has 8 aliphatic rings. The van der Waals surface area contributed by atoms with Gasteiger partial charge in [0, 0.05) is 42.4 Å². The molecule has 54 heavy (non-hydrogen) atoms. The van der Waals surface area contributed by atoms with Crippen LogP contribution in [0.25, 0.3) is 0 Å². The van der Waals surface area contributed by atoms with Gasteiger partial charge in [-0.05, 0) is 170 Å². The maximum Gasteiger partial charge on any atom is 0.0135 e. The maximum absolute atomic E-state index is 2.51. The second-order valence-corrected chi connectivity index (χ2v) is 19.4. The molecule has 5 fully saturated rings. The van der Waals surface area contributed by atoms with Crippen LogP contribution in [0, 0.1) is 5.41 Å². The summed E-state index contributed by atoms with van der Waals surface area (Å²) in [7, 11) is 9.00. The molecule has 4 aliphatic heterocycles. The SMILES string of the molecule is C.CN1CCC2(CCCCC2)C1.CN1CCC2(CCCc3ccccc32)C1.CN1CCC2(CCc3ccccc32)C1.CN1CCC2(Cc3ccccc32)C1. The summed E-state index contributed by atoms with van der Waals surface area (Å²) in [6.07, 6.45) is 21.1. The quantitative estimate of drug-likeness (QED) is 0.229. The van der Waals surface area contributed by atoms with Crippen LogP contribution in [0.15, 0.2) is 72.8 Å². The van der Waals surface area contributed by atoms with Crippen molar-refractivity contribution in [2.24, 2.45) is 5.41 Å². The van der Waals surface area contributed by atoms with E-state index in [1.54, 1.807) is 33.4 Å². The van der Waals surface area contributed by atoms with Crippen molar-refractivity contribution in [2.75, 3.05) is 80.5 Å². The van der Waals surface area contributed by atoms with Crippen LogP contribution in [0.2, 0.25) is 0 Å². The summed E-state index contributed by atoms with van der Waals surface area (Å²) in [4.78, 5) is 9.92. The zero-order valence-corrected chi connectivity index (χ0v) is 34.0. The molecular weight excluding hydrogens is 657 g/mol. The van der Waals surface area contributed by atoms with E-state index in [-0.39, 0.29) is 7.43 Å².